The lowest BCUT2D eigenvalue weighted by atomic mass is 10.2. The van der Waals surface area contributed by atoms with E-state index in [0.717, 1.165) is 20.4 Å². The van der Waals surface area contributed by atoms with Gasteiger partial charge in [-0.3, -0.25) is 14.7 Å². The fourth-order valence-corrected chi connectivity index (χ4v) is 4.36. The van der Waals surface area contributed by atoms with E-state index >= 15 is 0 Å². The fraction of sp³-hybridized carbons (Fsp3) is 0.0500. The molecule has 0 fully saturated rings. The number of nitrogens with zero attached hydrogens (tertiary/aromatic N) is 3. The lowest BCUT2D eigenvalue weighted by Gasteiger charge is -2.19. The van der Waals surface area contributed by atoms with Crippen molar-refractivity contribution in [3.8, 4) is 0 Å². The lowest BCUT2D eigenvalue weighted by Crippen LogP contribution is -2.30. The third kappa shape index (κ3) is 4.03. The van der Waals surface area contributed by atoms with Crippen LogP contribution in [0, 0.1) is 0 Å². The Morgan fingerprint density at radius 1 is 1.11 bits per heavy atom. The third-order valence-electron chi connectivity index (χ3n) is 3.93. The molecule has 134 valence electrons. The highest BCUT2D eigenvalue weighted by Gasteiger charge is 2.22. The van der Waals surface area contributed by atoms with Gasteiger partial charge >= 0.3 is 0 Å². The largest absolute Gasteiger partial charge is 0.278 e. The molecule has 0 N–H and O–H groups in total. The standard InChI is InChI=1S/C20H13BrClN3OS/c21-14-7-8-17-18(11-14)27-20(24-17)25(12-16-6-1-2-9-23-16)19(26)13-4-3-5-15(22)10-13/h1-11H,12H2. The number of anilines is 1. The minimum Gasteiger partial charge on any atom is -0.278 e. The number of hydrogen-bond acceptors (Lipinski definition) is 4. The normalized spacial score (nSPS) is 10.9. The van der Waals surface area contributed by atoms with Crippen molar-refractivity contribution in [2.45, 2.75) is 6.54 Å². The number of carbonyl (C=O) groups is 1. The summed E-state index contributed by atoms with van der Waals surface area (Å²) in [7, 11) is 0. The summed E-state index contributed by atoms with van der Waals surface area (Å²) in [4.78, 5) is 23.9. The second-order valence-corrected chi connectivity index (χ2v) is 8.19. The maximum Gasteiger partial charge on any atom is 0.260 e. The number of carbonyl (C=O) groups excluding carboxylic acids is 1. The van der Waals surface area contributed by atoms with Gasteiger partial charge in [0.05, 0.1) is 22.5 Å². The second-order valence-electron chi connectivity index (χ2n) is 5.83. The zero-order chi connectivity index (χ0) is 18.8. The molecule has 4 nitrogen and oxygen atoms in total. The van der Waals surface area contributed by atoms with Crippen LogP contribution in [-0.4, -0.2) is 15.9 Å². The number of hydrogen-bond donors (Lipinski definition) is 0. The molecule has 4 rings (SSSR count). The zero-order valence-electron chi connectivity index (χ0n) is 14.0. The molecule has 2 heterocycles. The summed E-state index contributed by atoms with van der Waals surface area (Å²) in [5.41, 5.74) is 2.15. The van der Waals surface area contributed by atoms with Crippen LogP contribution < -0.4 is 4.90 Å². The first kappa shape index (κ1) is 18.1. The third-order valence-corrected chi connectivity index (χ3v) is 5.70. The molecule has 27 heavy (non-hydrogen) atoms. The van der Waals surface area contributed by atoms with Crippen molar-refractivity contribution in [3.05, 3.63) is 87.6 Å². The van der Waals surface area contributed by atoms with Crippen molar-refractivity contribution in [2.75, 3.05) is 4.90 Å². The highest BCUT2D eigenvalue weighted by atomic mass is 79.9. The highest BCUT2D eigenvalue weighted by molar-refractivity contribution is 9.10. The van der Waals surface area contributed by atoms with Crippen molar-refractivity contribution in [1.82, 2.24) is 9.97 Å². The van der Waals surface area contributed by atoms with Gasteiger partial charge < -0.3 is 0 Å². The number of aromatic nitrogens is 2. The average Bonchev–Trinajstić information content (AvgIpc) is 3.09. The molecule has 0 bridgehead atoms. The Morgan fingerprint density at radius 3 is 2.78 bits per heavy atom. The molecule has 0 aliphatic rings. The summed E-state index contributed by atoms with van der Waals surface area (Å²) in [5.74, 6) is -0.165. The Hall–Kier alpha value is -2.28. The quantitative estimate of drug-likeness (QED) is 0.379. The van der Waals surface area contributed by atoms with Gasteiger partial charge in [0.15, 0.2) is 5.13 Å². The summed E-state index contributed by atoms with van der Waals surface area (Å²) in [6.45, 7) is 0.327. The topological polar surface area (TPSA) is 46.1 Å². The summed E-state index contributed by atoms with van der Waals surface area (Å²) < 4.78 is 1.98. The molecule has 1 amide bonds. The van der Waals surface area contributed by atoms with Crippen molar-refractivity contribution >= 4 is 60.1 Å². The molecule has 0 atom stereocenters. The molecule has 0 aliphatic carbocycles. The van der Waals surface area contributed by atoms with Crippen molar-refractivity contribution in [2.24, 2.45) is 0 Å². The van der Waals surface area contributed by atoms with Crippen LogP contribution in [0.3, 0.4) is 0 Å². The van der Waals surface area contributed by atoms with Gasteiger partial charge in [-0.2, -0.15) is 0 Å². The van der Waals surface area contributed by atoms with Gasteiger partial charge in [-0.1, -0.05) is 51.0 Å². The lowest BCUT2D eigenvalue weighted by molar-refractivity contribution is 0.0985. The van der Waals surface area contributed by atoms with Crippen LogP contribution in [0.15, 0.2) is 71.3 Å². The van der Waals surface area contributed by atoms with Crippen molar-refractivity contribution in [3.63, 3.8) is 0 Å². The number of benzene rings is 2. The summed E-state index contributed by atoms with van der Waals surface area (Å²) in [6.07, 6.45) is 1.72. The SMILES string of the molecule is O=C(c1cccc(Cl)c1)N(Cc1ccccn1)c1nc2ccc(Br)cc2s1. The van der Waals surface area contributed by atoms with Gasteiger partial charge in [0.1, 0.15) is 0 Å². The Morgan fingerprint density at radius 2 is 2.00 bits per heavy atom. The van der Waals surface area contributed by atoms with E-state index in [1.807, 2.05) is 36.4 Å². The van der Waals surface area contributed by atoms with E-state index in [1.165, 1.54) is 11.3 Å². The van der Waals surface area contributed by atoms with Gasteiger partial charge in [-0.25, -0.2) is 4.98 Å². The van der Waals surface area contributed by atoms with E-state index in [1.54, 1.807) is 35.4 Å². The molecule has 0 radical (unpaired) electrons. The van der Waals surface area contributed by atoms with Gasteiger partial charge in [0, 0.05) is 21.3 Å². The van der Waals surface area contributed by atoms with E-state index < -0.39 is 0 Å². The molecule has 0 saturated heterocycles. The fourth-order valence-electron chi connectivity index (χ4n) is 2.66. The molecule has 4 aromatic rings. The predicted molar refractivity (Wildman–Crippen MR) is 114 cm³/mol. The highest BCUT2D eigenvalue weighted by Crippen LogP contribution is 2.32. The first-order valence-electron chi connectivity index (χ1n) is 8.13. The maximum absolute atomic E-state index is 13.2. The smallest absolute Gasteiger partial charge is 0.260 e. The number of fused-ring (bicyclic) bond motifs is 1. The van der Waals surface area contributed by atoms with Crippen molar-refractivity contribution < 1.29 is 4.79 Å². The molecule has 0 spiro atoms. The molecular weight excluding hydrogens is 446 g/mol. The van der Waals surface area contributed by atoms with Crippen LogP contribution in [-0.2, 0) is 6.54 Å². The number of halogens is 2. The van der Waals surface area contributed by atoms with Gasteiger partial charge in [0.2, 0.25) is 0 Å². The molecule has 0 saturated carbocycles. The number of amides is 1. The Balaban J connectivity index is 1.77. The first-order chi connectivity index (χ1) is 13.1. The van der Waals surface area contributed by atoms with E-state index in [-0.39, 0.29) is 5.91 Å². The minimum absolute atomic E-state index is 0.165. The van der Waals surface area contributed by atoms with Crippen molar-refractivity contribution in [1.29, 1.82) is 0 Å². The Kier molecular flexibility index (Phi) is 5.20. The predicted octanol–water partition coefficient (Wildman–Crippen LogP) is 5.95. The number of pyridine rings is 1. The number of thiazole rings is 1. The van der Waals surface area contributed by atoms with Crippen LogP contribution in [0.4, 0.5) is 5.13 Å². The van der Waals surface area contributed by atoms with Gasteiger partial charge in [-0.15, -0.1) is 0 Å². The van der Waals surface area contributed by atoms with E-state index in [2.05, 4.69) is 25.9 Å². The first-order valence-corrected chi connectivity index (χ1v) is 10.1. The average molecular weight is 459 g/mol. The maximum atomic E-state index is 13.2. The summed E-state index contributed by atoms with van der Waals surface area (Å²) in [6, 6.07) is 18.4. The van der Waals surface area contributed by atoms with Gasteiger partial charge in [-0.05, 0) is 48.5 Å². The molecular formula is C20H13BrClN3OS. The monoisotopic (exact) mass is 457 g/mol. The van der Waals surface area contributed by atoms with Crippen LogP contribution in [0.2, 0.25) is 5.02 Å². The molecule has 0 aliphatic heterocycles. The van der Waals surface area contributed by atoms with Crippen LogP contribution in [0.1, 0.15) is 16.1 Å². The zero-order valence-corrected chi connectivity index (χ0v) is 17.1. The molecule has 0 unspecified atom stereocenters. The van der Waals surface area contributed by atoms with E-state index in [0.29, 0.717) is 22.3 Å². The minimum atomic E-state index is -0.165. The summed E-state index contributed by atoms with van der Waals surface area (Å²) in [5, 5.41) is 1.14. The summed E-state index contributed by atoms with van der Waals surface area (Å²) >= 11 is 11.0. The van der Waals surface area contributed by atoms with Gasteiger partial charge in [0.25, 0.3) is 5.91 Å². The molecule has 2 aromatic carbocycles. The van der Waals surface area contributed by atoms with Crippen LogP contribution in [0.5, 0.6) is 0 Å². The molecule has 7 heteroatoms. The second kappa shape index (κ2) is 7.76. The number of rotatable bonds is 4. The molecule has 2 aromatic heterocycles. The van der Waals surface area contributed by atoms with Crippen LogP contribution >= 0.6 is 38.9 Å². The van der Waals surface area contributed by atoms with E-state index in [9.17, 15) is 4.79 Å². The van der Waals surface area contributed by atoms with E-state index in [4.69, 9.17) is 11.6 Å². The Bertz CT molecular complexity index is 1120. The Labute approximate surface area is 173 Å². The van der Waals surface area contributed by atoms with Crippen LogP contribution in [0.25, 0.3) is 10.2 Å².